The van der Waals surface area contributed by atoms with Gasteiger partial charge in [0.25, 0.3) is 0 Å². The van der Waals surface area contributed by atoms with Crippen molar-refractivity contribution < 1.29 is 14.6 Å². The minimum Gasteiger partial charge on any atom is -0.467 e. The molecule has 0 aliphatic heterocycles. The predicted octanol–water partition coefficient (Wildman–Crippen LogP) is 0.833. The van der Waals surface area contributed by atoms with Gasteiger partial charge in [-0.3, -0.25) is 4.68 Å². The largest absolute Gasteiger partial charge is 0.467 e. The molecule has 5 heteroatoms. The molecule has 0 amide bonds. The fraction of sp³-hybridized carbons (Fsp3) is 0.636. The second-order valence-electron chi connectivity index (χ2n) is 4.43. The van der Waals surface area contributed by atoms with E-state index >= 15 is 0 Å². The highest BCUT2D eigenvalue weighted by Gasteiger charge is 2.34. The molecule has 1 N–H and O–H groups in total. The third kappa shape index (κ3) is 3.06. The second-order valence-corrected chi connectivity index (χ2v) is 4.43. The van der Waals surface area contributed by atoms with Gasteiger partial charge in [0.15, 0.2) is 6.10 Å². The monoisotopic (exact) mass is 226 g/mol. The number of carbonyl (C=O) groups excluding carboxylic acids is 1. The van der Waals surface area contributed by atoms with Crippen LogP contribution in [0.4, 0.5) is 0 Å². The summed E-state index contributed by atoms with van der Waals surface area (Å²) in [6, 6.07) is 1.84. The minimum atomic E-state index is -1.10. The molecule has 0 spiro atoms. The van der Waals surface area contributed by atoms with E-state index in [0.717, 1.165) is 0 Å². The third-order valence-electron chi connectivity index (χ3n) is 2.71. The Hall–Kier alpha value is -1.36. The van der Waals surface area contributed by atoms with E-state index < -0.39 is 17.5 Å². The zero-order valence-corrected chi connectivity index (χ0v) is 9.88. The highest BCUT2D eigenvalue weighted by atomic mass is 16.5. The highest BCUT2D eigenvalue weighted by Crippen LogP contribution is 2.26. The number of ether oxygens (including phenoxy) is 1. The van der Waals surface area contributed by atoms with E-state index in [9.17, 15) is 9.90 Å². The molecule has 1 rings (SSSR count). The third-order valence-corrected chi connectivity index (χ3v) is 2.71. The SMILES string of the molecule is COC(=O)C(O)C(C)(C)CCn1cccn1. The maximum atomic E-state index is 11.2. The molecule has 0 bridgehead atoms. The van der Waals surface area contributed by atoms with Crippen molar-refractivity contribution in [3.05, 3.63) is 18.5 Å². The molecule has 1 aromatic rings. The number of methoxy groups -OCH3 is 1. The fourth-order valence-corrected chi connectivity index (χ4v) is 1.40. The molecule has 1 heterocycles. The van der Waals surface area contributed by atoms with Gasteiger partial charge in [-0.1, -0.05) is 13.8 Å². The van der Waals surface area contributed by atoms with Crippen LogP contribution in [0.25, 0.3) is 0 Å². The molecule has 0 aromatic carbocycles. The summed E-state index contributed by atoms with van der Waals surface area (Å²) in [5.41, 5.74) is -0.529. The van der Waals surface area contributed by atoms with E-state index in [4.69, 9.17) is 0 Å². The Morgan fingerprint density at radius 1 is 1.62 bits per heavy atom. The van der Waals surface area contributed by atoms with Crippen LogP contribution < -0.4 is 0 Å². The Bertz CT molecular complexity index is 333. The lowest BCUT2D eigenvalue weighted by Crippen LogP contribution is -2.38. The van der Waals surface area contributed by atoms with E-state index in [1.165, 1.54) is 7.11 Å². The van der Waals surface area contributed by atoms with E-state index in [2.05, 4.69) is 9.84 Å². The standard InChI is InChI=1S/C11H18N2O3/c1-11(2,9(14)10(15)16-3)5-8-13-7-4-6-12-13/h4,6-7,9,14H,5,8H2,1-3H3. The average molecular weight is 226 g/mol. The Kier molecular flexibility index (Phi) is 4.06. The van der Waals surface area contributed by atoms with Gasteiger partial charge < -0.3 is 9.84 Å². The molecule has 90 valence electrons. The minimum absolute atomic E-state index is 0.529. The summed E-state index contributed by atoms with van der Waals surface area (Å²) < 4.78 is 6.29. The van der Waals surface area contributed by atoms with Crippen LogP contribution in [-0.4, -0.2) is 34.1 Å². The van der Waals surface area contributed by atoms with Crippen LogP contribution >= 0.6 is 0 Å². The number of carbonyl (C=O) groups is 1. The number of hydrogen-bond acceptors (Lipinski definition) is 4. The van der Waals surface area contributed by atoms with Gasteiger partial charge in [0.1, 0.15) is 0 Å². The number of nitrogens with zero attached hydrogens (tertiary/aromatic N) is 2. The van der Waals surface area contributed by atoms with Crippen LogP contribution in [0.15, 0.2) is 18.5 Å². The number of aromatic nitrogens is 2. The zero-order valence-electron chi connectivity index (χ0n) is 9.88. The molecule has 1 atom stereocenters. The van der Waals surface area contributed by atoms with E-state index in [-0.39, 0.29) is 0 Å². The molecule has 0 fully saturated rings. The molecular weight excluding hydrogens is 208 g/mol. The number of aliphatic hydroxyl groups excluding tert-OH is 1. The lowest BCUT2D eigenvalue weighted by Gasteiger charge is -2.28. The van der Waals surface area contributed by atoms with Crippen LogP contribution in [0.5, 0.6) is 0 Å². The van der Waals surface area contributed by atoms with Gasteiger partial charge >= 0.3 is 5.97 Å². The summed E-state index contributed by atoms with van der Waals surface area (Å²) in [5.74, 6) is -0.592. The average Bonchev–Trinajstić information content (AvgIpc) is 2.77. The van der Waals surface area contributed by atoms with E-state index in [1.807, 2.05) is 26.1 Å². The molecule has 1 aromatic heterocycles. The summed E-state index contributed by atoms with van der Waals surface area (Å²) in [5, 5.41) is 13.8. The molecule has 0 radical (unpaired) electrons. The lowest BCUT2D eigenvalue weighted by atomic mass is 9.83. The van der Waals surface area contributed by atoms with Crippen molar-refractivity contribution in [1.29, 1.82) is 0 Å². The van der Waals surface area contributed by atoms with Crippen molar-refractivity contribution >= 4 is 5.97 Å². The lowest BCUT2D eigenvalue weighted by molar-refractivity contribution is -0.157. The molecule has 0 saturated carbocycles. The number of esters is 1. The first-order valence-corrected chi connectivity index (χ1v) is 5.20. The topological polar surface area (TPSA) is 64.3 Å². The van der Waals surface area contributed by atoms with Crippen LogP contribution in [0.3, 0.4) is 0 Å². The van der Waals surface area contributed by atoms with Crippen LogP contribution in [-0.2, 0) is 16.1 Å². The van der Waals surface area contributed by atoms with Crippen molar-refractivity contribution in [2.45, 2.75) is 32.9 Å². The molecule has 5 nitrogen and oxygen atoms in total. The first-order valence-electron chi connectivity index (χ1n) is 5.20. The van der Waals surface area contributed by atoms with Crippen LogP contribution in [0.2, 0.25) is 0 Å². The first-order chi connectivity index (χ1) is 7.47. The second kappa shape index (κ2) is 5.12. The Labute approximate surface area is 95.0 Å². The molecule has 0 aliphatic carbocycles. The Morgan fingerprint density at radius 2 is 2.31 bits per heavy atom. The highest BCUT2D eigenvalue weighted by molar-refractivity contribution is 5.75. The number of aliphatic hydroxyl groups is 1. The smallest absolute Gasteiger partial charge is 0.335 e. The van der Waals surface area contributed by atoms with Gasteiger partial charge in [-0.25, -0.2) is 4.79 Å². The summed E-state index contributed by atoms with van der Waals surface area (Å²) in [4.78, 5) is 11.2. The normalized spacial score (nSPS) is 13.5. The first kappa shape index (κ1) is 12.7. The van der Waals surface area contributed by atoms with E-state index in [0.29, 0.717) is 13.0 Å². The van der Waals surface area contributed by atoms with Crippen LogP contribution in [0.1, 0.15) is 20.3 Å². The molecule has 0 aliphatic rings. The van der Waals surface area contributed by atoms with Gasteiger partial charge in [-0.2, -0.15) is 5.10 Å². The van der Waals surface area contributed by atoms with Crippen molar-refractivity contribution in [3.8, 4) is 0 Å². The van der Waals surface area contributed by atoms with Gasteiger partial charge in [-0.15, -0.1) is 0 Å². The summed E-state index contributed by atoms with van der Waals surface area (Å²) >= 11 is 0. The van der Waals surface area contributed by atoms with Gasteiger partial charge in [0.2, 0.25) is 0 Å². The van der Waals surface area contributed by atoms with Gasteiger partial charge in [0, 0.05) is 24.4 Å². The Morgan fingerprint density at radius 3 is 2.81 bits per heavy atom. The zero-order chi connectivity index (χ0) is 12.2. The fourth-order valence-electron chi connectivity index (χ4n) is 1.40. The van der Waals surface area contributed by atoms with Crippen molar-refractivity contribution in [3.63, 3.8) is 0 Å². The maximum absolute atomic E-state index is 11.2. The van der Waals surface area contributed by atoms with Crippen molar-refractivity contribution in [2.75, 3.05) is 7.11 Å². The van der Waals surface area contributed by atoms with E-state index in [1.54, 1.807) is 10.9 Å². The molecule has 16 heavy (non-hydrogen) atoms. The van der Waals surface area contributed by atoms with Gasteiger partial charge in [0.05, 0.1) is 7.11 Å². The number of aryl methyl sites for hydroxylation is 1. The van der Waals surface area contributed by atoms with Gasteiger partial charge in [-0.05, 0) is 12.5 Å². The summed E-state index contributed by atoms with van der Waals surface area (Å²) in [7, 11) is 1.27. The Balaban J connectivity index is 2.54. The predicted molar refractivity (Wildman–Crippen MR) is 58.6 cm³/mol. The molecule has 1 unspecified atom stereocenters. The van der Waals surface area contributed by atoms with Crippen LogP contribution in [0, 0.1) is 5.41 Å². The number of rotatable bonds is 5. The molecule has 0 saturated heterocycles. The maximum Gasteiger partial charge on any atom is 0.335 e. The summed E-state index contributed by atoms with van der Waals surface area (Å²) in [6.45, 7) is 4.32. The quantitative estimate of drug-likeness (QED) is 0.755. The van der Waals surface area contributed by atoms with Crippen molar-refractivity contribution in [1.82, 2.24) is 9.78 Å². The van der Waals surface area contributed by atoms with Crippen molar-refractivity contribution in [2.24, 2.45) is 5.41 Å². The summed E-state index contributed by atoms with van der Waals surface area (Å²) in [6.07, 6.45) is 3.09. The molecular formula is C11H18N2O3. The number of hydrogen-bond donors (Lipinski definition) is 1.